The largest absolute Gasteiger partial charge is 0.349 e. The number of hydrogen-bond donors (Lipinski definition) is 3. The third kappa shape index (κ3) is 4.79. The van der Waals surface area contributed by atoms with Gasteiger partial charge in [-0.1, -0.05) is 12.5 Å². The first-order valence-corrected chi connectivity index (χ1v) is 9.71. The van der Waals surface area contributed by atoms with Crippen molar-refractivity contribution in [1.82, 2.24) is 20.4 Å². The Hall–Kier alpha value is -2.81. The number of aromatic amines is 1. The zero-order chi connectivity index (χ0) is 21.0. The summed E-state index contributed by atoms with van der Waals surface area (Å²) in [4.78, 5) is 27.1. The Morgan fingerprint density at radius 2 is 1.86 bits per heavy atom. The quantitative estimate of drug-likeness (QED) is 0.686. The summed E-state index contributed by atoms with van der Waals surface area (Å²) in [5.74, 6) is -3.42. The van der Waals surface area contributed by atoms with Crippen LogP contribution in [0.1, 0.15) is 55.4 Å². The number of piperidine rings is 1. The van der Waals surface area contributed by atoms with Crippen LogP contribution in [0.5, 0.6) is 0 Å². The average Bonchev–Trinajstić information content (AvgIpc) is 3.12. The zero-order valence-corrected chi connectivity index (χ0v) is 16.5. The van der Waals surface area contributed by atoms with E-state index in [1.165, 1.54) is 18.7 Å². The van der Waals surface area contributed by atoms with E-state index in [0.717, 1.165) is 25.0 Å². The molecule has 9 heteroatoms. The molecular weight excluding hydrogens is 380 g/mol. The molecule has 0 aliphatic carbocycles. The maximum Gasteiger partial charge on any atom is 0.271 e. The monoisotopic (exact) mass is 407 g/mol. The van der Waals surface area contributed by atoms with Crippen molar-refractivity contribution in [3.05, 3.63) is 47.3 Å². The topological polar surface area (TPSA) is 90.1 Å². The van der Waals surface area contributed by atoms with Crippen LogP contribution in [0.25, 0.3) is 0 Å². The molecule has 0 spiro atoms. The molecule has 1 aromatic heterocycles. The Balaban J connectivity index is 0.00000320. The third-order valence-corrected chi connectivity index (χ3v) is 5.34. The van der Waals surface area contributed by atoms with Crippen molar-refractivity contribution >= 4 is 17.5 Å². The van der Waals surface area contributed by atoms with Crippen molar-refractivity contribution in [2.75, 3.05) is 18.4 Å². The molecule has 7 nitrogen and oxygen atoms in total. The van der Waals surface area contributed by atoms with Gasteiger partial charge < -0.3 is 10.6 Å². The van der Waals surface area contributed by atoms with Gasteiger partial charge in [-0.25, -0.2) is 8.78 Å². The lowest BCUT2D eigenvalue weighted by molar-refractivity contribution is 0.0886. The summed E-state index contributed by atoms with van der Waals surface area (Å²) in [6, 6.07) is 4.08. The molecule has 3 rings (SSSR count). The number of rotatable bonds is 6. The standard InChI is InChI=1S/C20H25F2N5O2.H2/c1-12-5-3-6-13(2)27(12)10-9-23-20(29)18-16(11-24-26-18)25-19(28)17-14(21)7-4-8-15(17)22;/h4,7-8,11-13H,3,5-6,9-10H2,1-2H3,(H,23,29)(H,24,26)(H,25,28);1H. The van der Waals surface area contributed by atoms with E-state index in [4.69, 9.17) is 0 Å². The van der Waals surface area contributed by atoms with Crippen LogP contribution >= 0.6 is 0 Å². The van der Waals surface area contributed by atoms with Gasteiger partial charge in [-0.05, 0) is 38.8 Å². The normalized spacial score (nSPS) is 19.7. The number of nitrogens with zero attached hydrogens (tertiary/aromatic N) is 2. The van der Waals surface area contributed by atoms with Crippen LogP contribution in [0.4, 0.5) is 14.5 Å². The molecule has 1 aliphatic heterocycles. The Morgan fingerprint density at radius 1 is 1.21 bits per heavy atom. The number of aromatic nitrogens is 2. The van der Waals surface area contributed by atoms with Gasteiger partial charge in [0, 0.05) is 26.6 Å². The Bertz CT molecular complexity index is 862. The molecule has 2 aromatic rings. The number of amides is 2. The second kappa shape index (κ2) is 9.13. The maximum absolute atomic E-state index is 13.8. The fourth-order valence-electron chi connectivity index (χ4n) is 3.76. The zero-order valence-electron chi connectivity index (χ0n) is 16.5. The van der Waals surface area contributed by atoms with Gasteiger partial charge in [0.15, 0.2) is 0 Å². The lowest BCUT2D eigenvalue weighted by atomic mass is 9.98. The molecule has 0 saturated carbocycles. The van der Waals surface area contributed by atoms with Gasteiger partial charge in [0.05, 0.1) is 11.9 Å². The van der Waals surface area contributed by atoms with E-state index in [1.54, 1.807) is 0 Å². The summed E-state index contributed by atoms with van der Waals surface area (Å²) in [6.07, 6.45) is 4.72. The van der Waals surface area contributed by atoms with Gasteiger partial charge in [0.25, 0.3) is 11.8 Å². The van der Waals surface area contributed by atoms with E-state index in [0.29, 0.717) is 25.2 Å². The van der Waals surface area contributed by atoms with Crippen molar-refractivity contribution in [2.45, 2.75) is 45.2 Å². The summed E-state index contributed by atoms with van der Waals surface area (Å²) < 4.78 is 27.6. The minimum absolute atomic E-state index is 0. The van der Waals surface area contributed by atoms with E-state index in [9.17, 15) is 18.4 Å². The number of nitrogens with one attached hydrogen (secondary N) is 3. The predicted octanol–water partition coefficient (Wildman–Crippen LogP) is 3.18. The van der Waals surface area contributed by atoms with Crippen molar-refractivity contribution in [1.29, 1.82) is 0 Å². The number of hydrogen-bond acceptors (Lipinski definition) is 4. The van der Waals surface area contributed by atoms with E-state index < -0.39 is 29.0 Å². The smallest absolute Gasteiger partial charge is 0.271 e. The Morgan fingerprint density at radius 3 is 2.52 bits per heavy atom. The molecule has 1 aliphatic rings. The average molecular weight is 407 g/mol. The molecule has 2 heterocycles. The van der Waals surface area contributed by atoms with Crippen LogP contribution in [0.2, 0.25) is 0 Å². The fourth-order valence-corrected chi connectivity index (χ4v) is 3.76. The first-order chi connectivity index (χ1) is 13.9. The molecule has 0 radical (unpaired) electrons. The molecule has 0 bridgehead atoms. The van der Waals surface area contributed by atoms with Gasteiger partial charge >= 0.3 is 0 Å². The first-order valence-electron chi connectivity index (χ1n) is 9.71. The van der Waals surface area contributed by atoms with Crippen molar-refractivity contribution in [3.63, 3.8) is 0 Å². The van der Waals surface area contributed by atoms with E-state index in [1.807, 2.05) is 0 Å². The van der Waals surface area contributed by atoms with E-state index in [2.05, 4.69) is 39.6 Å². The van der Waals surface area contributed by atoms with Crippen molar-refractivity contribution < 1.29 is 19.8 Å². The highest BCUT2D eigenvalue weighted by Gasteiger charge is 2.25. The number of anilines is 1. The minimum atomic E-state index is -0.994. The van der Waals surface area contributed by atoms with Crippen LogP contribution in [-0.2, 0) is 0 Å². The van der Waals surface area contributed by atoms with Gasteiger partial charge in [0.2, 0.25) is 0 Å². The molecule has 1 saturated heterocycles. The summed E-state index contributed by atoms with van der Waals surface area (Å²) in [5, 5.41) is 11.4. The summed E-state index contributed by atoms with van der Waals surface area (Å²) >= 11 is 0. The van der Waals surface area contributed by atoms with Gasteiger partial charge in [-0.2, -0.15) is 5.10 Å². The molecule has 1 fully saturated rings. The lowest BCUT2D eigenvalue weighted by Crippen LogP contribution is -2.47. The number of benzene rings is 1. The van der Waals surface area contributed by atoms with Crippen LogP contribution < -0.4 is 10.6 Å². The summed E-state index contributed by atoms with van der Waals surface area (Å²) in [5.41, 5.74) is -0.641. The summed E-state index contributed by atoms with van der Waals surface area (Å²) in [6.45, 7) is 5.51. The molecule has 1 aromatic carbocycles. The number of halogens is 2. The second-order valence-corrected chi connectivity index (χ2v) is 7.33. The van der Waals surface area contributed by atoms with E-state index in [-0.39, 0.29) is 12.8 Å². The molecule has 2 atom stereocenters. The Labute approximate surface area is 169 Å². The highest BCUT2D eigenvalue weighted by molar-refractivity contribution is 6.08. The first kappa shape index (κ1) is 20.9. The van der Waals surface area contributed by atoms with Crippen LogP contribution in [0.3, 0.4) is 0 Å². The highest BCUT2D eigenvalue weighted by Crippen LogP contribution is 2.22. The van der Waals surface area contributed by atoms with E-state index >= 15 is 0 Å². The minimum Gasteiger partial charge on any atom is -0.349 e. The molecule has 2 unspecified atom stereocenters. The van der Waals surface area contributed by atoms with Crippen LogP contribution in [-0.4, -0.2) is 52.1 Å². The second-order valence-electron chi connectivity index (χ2n) is 7.33. The third-order valence-electron chi connectivity index (χ3n) is 5.34. The lowest BCUT2D eigenvalue weighted by Gasteiger charge is -2.39. The van der Waals surface area contributed by atoms with Gasteiger partial charge in [-0.3, -0.25) is 19.6 Å². The van der Waals surface area contributed by atoms with Crippen LogP contribution in [0, 0.1) is 11.6 Å². The molecule has 3 N–H and O–H groups in total. The number of likely N-dealkylation sites (tertiary alicyclic amines) is 1. The summed E-state index contributed by atoms with van der Waals surface area (Å²) in [7, 11) is 0. The number of carbonyl (C=O) groups is 2. The van der Waals surface area contributed by atoms with Crippen molar-refractivity contribution in [3.8, 4) is 0 Å². The number of H-pyrrole nitrogens is 1. The van der Waals surface area contributed by atoms with Crippen molar-refractivity contribution in [2.24, 2.45) is 0 Å². The van der Waals surface area contributed by atoms with Gasteiger partial charge in [-0.15, -0.1) is 0 Å². The SMILES string of the molecule is CC1CCCC(C)N1CCNC(=O)c1[nH]ncc1NC(=O)c1c(F)cccc1F.[HH]. The molecular formula is C20H27F2N5O2. The highest BCUT2D eigenvalue weighted by atomic mass is 19.1. The van der Waals surface area contributed by atoms with Gasteiger partial charge in [0.1, 0.15) is 22.9 Å². The molecule has 2 amide bonds. The maximum atomic E-state index is 13.8. The fraction of sp³-hybridized carbons (Fsp3) is 0.450. The predicted molar refractivity (Wildman–Crippen MR) is 107 cm³/mol. The van der Waals surface area contributed by atoms with Crippen LogP contribution in [0.15, 0.2) is 24.4 Å². The molecule has 29 heavy (non-hydrogen) atoms. The number of carbonyl (C=O) groups excluding carboxylic acids is 2. The Kier molecular flexibility index (Phi) is 6.58. The molecule has 158 valence electrons.